The highest BCUT2D eigenvalue weighted by atomic mass is 16.7. The second-order valence-electron chi connectivity index (χ2n) is 16.3. The van der Waals surface area contributed by atoms with Crippen molar-refractivity contribution < 1.29 is 28.8 Å². The lowest BCUT2D eigenvalue weighted by molar-refractivity contribution is -0.221. The van der Waals surface area contributed by atoms with Gasteiger partial charge in [-0.15, -0.1) is 0 Å². The Labute approximate surface area is 255 Å². The van der Waals surface area contributed by atoms with Gasteiger partial charge in [0.25, 0.3) is 0 Å². The summed E-state index contributed by atoms with van der Waals surface area (Å²) in [5.41, 5.74) is -0.743. The van der Waals surface area contributed by atoms with Gasteiger partial charge in [-0.1, -0.05) is 47.5 Å². The molecule has 5 aliphatic rings. The van der Waals surface area contributed by atoms with E-state index in [0.29, 0.717) is 29.6 Å². The van der Waals surface area contributed by atoms with Crippen molar-refractivity contribution in [3.05, 3.63) is 0 Å². The number of ether oxygens (including phenoxy) is 4. The molecule has 7 heteroatoms. The smallest absolute Gasteiger partial charge is 0.303 e. The number of rotatable bonds is 8. The molecule has 2 N–H and O–H groups in total. The van der Waals surface area contributed by atoms with Gasteiger partial charge >= 0.3 is 5.97 Å². The highest BCUT2D eigenvalue weighted by Crippen LogP contribution is 2.63. The number of hydrogen-bond acceptors (Lipinski definition) is 7. The van der Waals surface area contributed by atoms with Crippen LogP contribution in [-0.4, -0.2) is 67.1 Å². The fourth-order valence-electron chi connectivity index (χ4n) is 10.8. The monoisotopic (exact) mass is 591 g/mol. The summed E-state index contributed by atoms with van der Waals surface area (Å²) in [6.07, 6.45) is 10.1. The molecule has 0 radical (unpaired) electrons. The van der Waals surface area contributed by atoms with Gasteiger partial charge in [0.05, 0.1) is 30.5 Å². The normalized spacial score (nSPS) is 44.6. The first-order chi connectivity index (χ1) is 19.7. The number of carbonyl (C=O) groups is 1. The molecule has 42 heavy (non-hydrogen) atoms. The van der Waals surface area contributed by atoms with Crippen molar-refractivity contribution in [2.45, 2.75) is 149 Å². The van der Waals surface area contributed by atoms with Crippen LogP contribution in [0.15, 0.2) is 0 Å². The number of morpholine rings is 1. The van der Waals surface area contributed by atoms with E-state index in [1.807, 2.05) is 0 Å². The maximum Gasteiger partial charge on any atom is 0.303 e. The van der Waals surface area contributed by atoms with Gasteiger partial charge in [0, 0.05) is 20.0 Å². The molecule has 6 unspecified atom stereocenters. The summed E-state index contributed by atoms with van der Waals surface area (Å²) in [6.45, 7) is 19.6. The van der Waals surface area contributed by atoms with Crippen LogP contribution >= 0.6 is 0 Å². The van der Waals surface area contributed by atoms with Crippen LogP contribution in [0.2, 0.25) is 0 Å². The van der Waals surface area contributed by atoms with Crippen LogP contribution in [-0.2, 0) is 23.7 Å². The summed E-state index contributed by atoms with van der Waals surface area (Å²) in [5, 5.41) is 14.3. The van der Waals surface area contributed by atoms with Crippen molar-refractivity contribution in [2.24, 2.45) is 46.3 Å². The minimum absolute atomic E-state index is 0.119. The van der Waals surface area contributed by atoms with Gasteiger partial charge in [-0.05, 0) is 105 Å². The molecule has 7 nitrogen and oxygen atoms in total. The largest absolute Gasteiger partial charge is 0.457 e. The first-order valence-electron chi connectivity index (χ1n) is 17.2. The highest BCUT2D eigenvalue weighted by Gasteiger charge is 2.60. The number of fused-ring (bicyclic) bond motifs is 3. The van der Waals surface area contributed by atoms with E-state index in [-0.39, 0.29) is 41.4 Å². The van der Waals surface area contributed by atoms with Gasteiger partial charge in [-0.25, -0.2) is 0 Å². The molecule has 0 bridgehead atoms. The van der Waals surface area contributed by atoms with Crippen molar-refractivity contribution in [3.63, 3.8) is 0 Å². The average molecular weight is 592 g/mol. The van der Waals surface area contributed by atoms with Crippen LogP contribution in [0, 0.1) is 46.3 Å². The molecule has 2 heterocycles. The number of hydrogen-bond donors (Lipinski definition) is 2. The minimum Gasteiger partial charge on any atom is -0.457 e. The molecule has 2 aliphatic heterocycles. The van der Waals surface area contributed by atoms with Gasteiger partial charge in [0.1, 0.15) is 0 Å². The Kier molecular flexibility index (Phi) is 9.78. The third-order valence-corrected chi connectivity index (χ3v) is 12.7. The zero-order valence-corrected chi connectivity index (χ0v) is 27.8. The van der Waals surface area contributed by atoms with Crippen LogP contribution in [0.3, 0.4) is 0 Å². The van der Waals surface area contributed by atoms with Gasteiger partial charge in [0.15, 0.2) is 12.4 Å². The van der Waals surface area contributed by atoms with E-state index in [9.17, 15) is 9.90 Å². The van der Waals surface area contributed by atoms with Crippen molar-refractivity contribution in [3.8, 4) is 0 Å². The number of aliphatic hydroxyl groups is 1. The Morgan fingerprint density at radius 2 is 1.86 bits per heavy atom. The Balaban J connectivity index is 1.27. The SMILES string of the molecule is CC(=O)O[C@@H]([C@H]1C[C@@H](C)C2C(CC3[C@H](CCC4C(C)CC[C@H](OC5CNCCO5)C4(C)C)CCC[C@@]32C)O1)C(C)(C)O. The molecule has 0 aromatic heterocycles. The molecule has 0 spiro atoms. The van der Waals surface area contributed by atoms with Crippen LogP contribution in [0.25, 0.3) is 0 Å². The first-order valence-corrected chi connectivity index (χ1v) is 17.2. The summed E-state index contributed by atoms with van der Waals surface area (Å²) < 4.78 is 25.0. The standard InChI is InChI=1S/C35H61NO6/c1-21-11-14-29(42-30-20-36-16-17-39-30)33(4,5)25(21)13-12-24-10-9-15-35(8)26(24)19-27-31(35)22(2)18-28(41-27)32(34(6,7)38)40-23(3)37/h21-22,24-32,36,38H,9-20H2,1-8H3/t21?,22-,24+,25?,26?,27?,28-,29+,30?,31?,32+,35+/m1/s1. The van der Waals surface area contributed by atoms with Crippen LogP contribution in [0.1, 0.15) is 113 Å². The van der Waals surface area contributed by atoms with Gasteiger partial charge in [-0.2, -0.15) is 0 Å². The van der Waals surface area contributed by atoms with Gasteiger partial charge in [0.2, 0.25) is 0 Å². The van der Waals surface area contributed by atoms with Crippen LogP contribution in [0.5, 0.6) is 0 Å². The highest BCUT2D eigenvalue weighted by molar-refractivity contribution is 5.66. The summed E-state index contributed by atoms with van der Waals surface area (Å²) in [7, 11) is 0. The minimum atomic E-state index is -1.15. The second-order valence-corrected chi connectivity index (χ2v) is 16.3. The maximum atomic E-state index is 11.9. The Hall–Kier alpha value is -0.730. The van der Waals surface area contributed by atoms with E-state index in [0.717, 1.165) is 44.9 Å². The van der Waals surface area contributed by atoms with Crippen LogP contribution < -0.4 is 5.32 Å². The lowest BCUT2D eigenvalue weighted by Gasteiger charge is -2.51. The van der Waals surface area contributed by atoms with Gasteiger partial charge < -0.3 is 29.4 Å². The van der Waals surface area contributed by atoms with E-state index in [2.05, 4.69) is 39.9 Å². The van der Waals surface area contributed by atoms with Crippen molar-refractivity contribution in [1.82, 2.24) is 5.32 Å². The van der Waals surface area contributed by atoms with E-state index < -0.39 is 11.7 Å². The quantitative estimate of drug-likeness (QED) is 0.330. The molecule has 5 rings (SSSR count). The molecule has 0 aromatic rings. The lowest BCUT2D eigenvalue weighted by Crippen LogP contribution is -2.54. The Morgan fingerprint density at radius 1 is 1.10 bits per heavy atom. The third kappa shape index (κ3) is 6.47. The molecule has 0 aromatic carbocycles. The summed E-state index contributed by atoms with van der Waals surface area (Å²) in [4.78, 5) is 11.9. The van der Waals surface area contributed by atoms with Crippen molar-refractivity contribution in [1.29, 1.82) is 0 Å². The number of carbonyl (C=O) groups excluding carboxylic acids is 1. The molecule has 3 aliphatic carbocycles. The molecule has 3 saturated carbocycles. The zero-order valence-electron chi connectivity index (χ0n) is 27.8. The summed E-state index contributed by atoms with van der Waals surface area (Å²) >= 11 is 0. The fourth-order valence-corrected chi connectivity index (χ4v) is 10.8. The maximum absolute atomic E-state index is 11.9. The lowest BCUT2D eigenvalue weighted by atomic mass is 9.56. The molecular weight excluding hydrogens is 530 g/mol. The molecule has 12 atom stereocenters. The zero-order chi connectivity index (χ0) is 30.4. The van der Waals surface area contributed by atoms with E-state index in [1.54, 1.807) is 13.8 Å². The van der Waals surface area contributed by atoms with Crippen molar-refractivity contribution >= 4 is 5.97 Å². The molecule has 0 amide bonds. The second kappa shape index (κ2) is 12.6. The summed E-state index contributed by atoms with van der Waals surface area (Å²) in [5.74, 6) is 3.35. The van der Waals surface area contributed by atoms with E-state index in [1.165, 1.54) is 45.4 Å². The first kappa shape index (κ1) is 32.7. The van der Waals surface area contributed by atoms with Gasteiger partial charge in [-0.3, -0.25) is 4.79 Å². The van der Waals surface area contributed by atoms with E-state index in [4.69, 9.17) is 18.9 Å². The topological polar surface area (TPSA) is 86.3 Å². The number of nitrogens with one attached hydrogen (secondary N) is 1. The molecule has 2 saturated heterocycles. The van der Waals surface area contributed by atoms with Crippen LogP contribution in [0.4, 0.5) is 0 Å². The fraction of sp³-hybridized carbons (Fsp3) is 0.971. The molecular formula is C35H61NO6. The third-order valence-electron chi connectivity index (χ3n) is 12.7. The Morgan fingerprint density at radius 3 is 2.52 bits per heavy atom. The average Bonchev–Trinajstić information content (AvgIpc) is 3.22. The Bertz CT molecular complexity index is 927. The predicted molar refractivity (Wildman–Crippen MR) is 164 cm³/mol. The molecule has 242 valence electrons. The van der Waals surface area contributed by atoms with Crippen molar-refractivity contribution in [2.75, 3.05) is 19.7 Å². The van der Waals surface area contributed by atoms with E-state index >= 15 is 0 Å². The predicted octanol–water partition coefficient (Wildman–Crippen LogP) is 6.11. The summed E-state index contributed by atoms with van der Waals surface area (Å²) in [6, 6.07) is 0. The number of esters is 1. The molecule has 5 fully saturated rings.